The van der Waals surface area contributed by atoms with Gasteiger partial charge in [0.25, 0.3) is 0 Å². The normalized spacial score (nSPS) is 25.9. The molecule has 1 aromatic heterocycles. The molecule has 3 rings (SSSR count). The highest BCUT2D eigenvalue weighted by atomic mass is 35.5. The lowest BCUT2D eigenvalue weighted by Gasteiger charge is -2.43. The zero-order valence-corrected chi connectivity index (χ0v) is 11.3. The third-order valence-corrected chi connectivity index (χ3v) is 4.18. The summed E-state index contributed by atoms with van der Waals surface area (Å²) in [5.74, 6) is 0. The van der Waals surface area contributed by atoms with Crippen molar-refractivity contribution in [1.82, 2.24) is 19.8 Å². The summed E-state index contributed by atoms with van der Waals surface area (Å²) in [4.78, 5) is 13.6. The molecule has 2 aliphatic rings. The van der Waals surface area contributed by atoms with Crippen LogP contribution in [-0.4, -0.2) is 52.0 Å². The number of nitrogens with zero attached hydrogens (tertiary/aromatic N) is 4. The van der Waals surface area contributed by atoms with Crippen LogP contribution >= 0.6 is 11.6 Å². The van der Waals surface area contributed by atoms with Gasteiger partial charge in [-0.2, -0.15) is 0 Å². The highest BCUT2D eigenvalue weighted by Gasteiger charge is 2.28. The lowest BCUT2D eigenvalue weighted by Crippen LogP contribution is -2.54. The Morgan fingerprint density at radius 1 is 1.17 bits per heavy atom. The minimum Gasteiger partial charge on any atom is -0.298 e. The smallest absolute Gasteiger partial charge is 0.147 e. The molecule has 0 aromatic carbocycles. The maximum atomic E-state index is 5.75. The molecule has 1 aromatic rings. The summed E-state index contributed by atoms with van der Waals surface area (Å²) in [6.45, 7) is 5.70. The van der Waals surface area contributed by atoms with E-state index in [1.165, 1.54) is 38.9 Å². The van der Waals surface area contributed by atoms with Gasteiger partial charge in [0.15, 0.2) is 0 Å². The molecule has 1 atom stereocenters. The second-order valence-electron chi connectivity index (χ2n) is 5.25. The van der Waals surface area contributed by atoms with Gasteiger partial charge in [0.05, 0.1) is 18.1 Å². The standard InChI is InChI=1S/C13H19ClN4/c14-13-8-15-11(7-16-13)9-17-5-6-18-4-2-1-3-12(18)10-17/h7-8,12H,1-6,9-10H2. The zero-order chi connectivity index (χ0) is 12.4. The van der Waals surface area contributed by atoms with Gasteiger partial charge in [-0.25, -0.2) is 4.98 Å². The monoisotopic (exact) mass is 266 g/mol. The van der Waals surface area contributed by atoms with Crippen LogP contribution in [0.4, 0.5) is 0 Å². The molecule has 0 bridgehead atoms. The van der Waals surface area contributed by atoms with Crippen molar-refractivity contribution in [3.8, 4) is 0 Å². The van der Waals surface area contributed by atoms with Crippen LogP contribution in [-0.2, 0) is 6.54 Å². The van der Waals surface area contributed by atoms with Crippen LogP contribution in [0.1, 0.15) is 25.0 Å². The van der Waals surface area contributed by atoms with Crippen LogP contribution in [0.15, 0.2) is 12.4 Å². The summed E-state index contributed by atoms with van der Waals surface area (Å²) in [5, 5.41) is 0.468. The topological polar surface area (TPSA) is 32.3 Å². The molecule has 18 heavy (non-hydrogen) atoms. The first kappa shape index (κ1) is 12.3. The van der Waals surface area contributed by atoms with Crippen molar-refractivity contribution in [2.75, 3.05) is 26.2 Å². The van der Waals surface area contributed by atoms with Crippen LogP contribution < -0.4 is 0 Å². The van der Waals surface area contributed by atoms with E-state index in [-0.39, 0.29) is 0 Å². The minimum absolute atomic E-state index is 0.468. The van der Waals surface area contributed by atoms with E-state index in [0.717, 1.165) is 24.8 Å². The Morgan fingerprint density at radius 3 is 2.94 bits per heavy atom. The molecule has 2 aliphatic heterocycles. The average molecular weight is 267 g/mol. The van der Waals surface area contributed by atoms with E-state index in [1.54, 1.807) is 12.4 Å². The first-order chi connectivity index (χ1) is 8.81. The predicted molar refractivity (Wildman–Crippen MR) is 71.5 cm³/mol. The van der Waals surface area contributed by atoms with Gasteiger partial charge in [-0.3, -0.25) is 14.8 Å². The Bertz CT molecular complexity index is 394. The van der Waals surface area contributed by atoms with Gasteiger partial charge in [0, 0.05) is 32.2 Å². The van der Waals surface area contributed by atoms with Crippen molar-refractivity contribution in [2.24, 2.45) is 0 Å². The molecule has 5 heteroatoms. The van der Waals surface area contributed by atoms with Crippen molar-refractivity contribution in [3.63, 3.8) is 0 Å². The van der Waals surface area contributed by atoms with Gasteiger partial charge in [0.1, 0.15) is 5.15 Å². The third-order valence-electron chi connectivity index (χ3n) is 3.98. The number of halogens is 1. The molecule has 0 N–H and O–H groups in total. The Morgan fingerprint density at radius 2 is 2.11 bits per heavy atom. The van der Waals surface area contributed by atoms with Crippen LogP contribution in [0.2, 0.25) is 5.15 Å². The van der Waals surface area contributed by atoms with Crippen molar-refractivity contribution < 1.29 is 0 Å². The van der Waals surface area contributed by atoms with Crippen LogP contribution in [0.5, 0.6) is 0 Å². The number of piperidine rings is 1. The first-order valence-electron chi connectivity index (χ1n) is 6.74. The van der Waals surface area contributed by atoms with Crippen LogP contribution in [0.3, 0.4) is 0 Å². The predicted octanol–water partition coefficient (Wildman–Crippen LogP) is 1.80. The van der Waals surface area contributed by atoms with E-state index >= 15 is 0 Å². The third kappa shape index (κ3) is 2.82. The number of rotatable bonds is 2. The first-order valence-corrected chi connectivity index (χ1v) is 7.12. The maximum Gasteiger partial charge on any atom is 0.147 e. The number of aromatic nitrogens is 2. The summed E-state index contributed by atoms with van der Waals surface area (Å²) in [5.41, 5.74) is 1.02. The fraction of sp³-hybridized carbons (Fsp3) is 0.692. The van der Waals surface area contributed by atoms with E-state index < -0.39 is 0 Å². The second kappa shape index (κ2) is 5.51. The average Bonchev–Trinajstić information content (AvgIpc) is 2.41. The molecule has 0 radical (unpaired) electrons. The molecule has 2 saturated heterocycles. The molecule has 0 amide bonds. The molecule has 4 nitrogen and oxygen atoms in total. The molecule has 3 heterocycles. The van der Waals surface area contributed by atoms with E-state index in [1.807, 2.05) is 0 Å². The van der Waals surface area contributed by atoms with E-state index in [2.05, 4.69) is 19.8 Å². The van der Waals surface area contributed by atoms with Crippen LogP contribution in [0.25, 0.3) is 0 Å². The Balaban J connectivity index is 1.59. The summed E-state index contributed by atoms with van der Waals surface area (Å²) in [6.07, 6.45) is 7.53. The summed E-state index contributed by atoms with van der Waals surface area (Å²) in [6, 6.07) is 0.757. The van der Waals surface area contributed by atoms with E-state index in [0.29, 0.717) is 5.15 Å². The minimum atomic E-state index is 0.468. The number of hydrogen-bond acceptors (Lipinski definition) is 4. The quantitative estimate of drug-likeness (QED) is 0.817. The molecular weight excluding hydrogens is 248 g/mol. The number of fused-ring (bicyclic) bond motifs is 1. The zero-order valence-electron chi connectivity index (χ0n) is 10.6. The summed E-state index contributed by atoms with van der Waals surface area (Å²) < 4.78 is 0. The van der Waals surface area contributed by atoms with Gasteiger partial charge in [0.2, 0.25) is 0 Å². The number of hydrogen-bond donors (Lipinski definition) is 0. The summed E-state index contributed by atoms with van der Waals surface area (Å²) in [7, 11) is 0. The molecule has 0 saturated carbocycles. The summed E-state index contributed by atoms with van der Waals surface area (Å²) >= 11 is 5.75. The van der Waals surface area contributed by atoms with E-state index in [4.69, 9.17) is 11.6 Å². The lowest BCUT2D eigenvalue weighted by molar-refractivity contribution is 0.0450. The van der Waals surface area contributed by atoms with Crippen LogP contribution in [0, 0.1) is 0 Å². The Labute approximate surface area is 113 Å². The van der Waals surface area contributed by atoms with Gasteiger partial charge in [-0.05, 0) is 19.4 Å². The molecule has 98 valence electrons. The fourth-order valence-corrected chi connectivity index (χ4v) is 3.11. The number of piperazine rings is 1. The Kier molecular flexibility index (Phi) is 3.77. The van der Waals surface area contributed by atoms with Crippen molar-refractivity contribution in [2.45, 2.75) is 31.8 Å². The van der Waals surface area contributed by atoms with Gasteiger partial charge >= 0.3 is 0 Å². The second-order valence-corrected chi connectivity index (χ2v) is 5.64. The molecule has 2 fully saturated rings. The van der Waals surface area contributed by atoms with Gasteiger partial charge in [-0.15, -0.1) is 0 Å². The van der Waals surface area contributed by atoms with Crippen molar-refractivity contribution >= 4 is 11.6 Å². The fourth-order valence-electron chi connectivity index (χ4n) is 3.01. The highest BCUT2D eigenvalue weighted by molar-refractivity contribution is 6.29. The van der Waals surface area contributed by atoms with Gasteiger partial charge in [-0.1, -0.05) is 18.0 Å². The maximum absolute atomic E-state index is 5.75. The van der Waals surface area contributed by atoms with Gasteiger partial charge < -0.3 is 0 Å². The van der Waals surface area contributed by atoms with Crippen molar-refractivity contribution in [1.29, 1.82) is 0 Å². The SMILES string of the molecule is Clc1cnc(CN2CCN3CCCCC3C2)cn1. The highest BCUT2D eigenvalue weighted by Crippen LogP contribution is 2.21. The molecule has 0 aliphatic carbocycles. The largest absolute Gasteiger partial charge is 0.298 e. The van der Waals surface area contributed by atoms with E-state index in [9.17, 15) is 0 Å². The molecule has 1 unspecified atom stereocenters. The van der Waals surface area contributed by atoms with Crippen molar-refractivity contribution in [3.05, 3.63) is 23.2 Å². The molecule has 0 spiro atoms. The lowest BCUT2D eigenvalue weighted by atomic mass is 9.99. The Hall–Kier alpha value is -0.710. The molecular formula is C13H19ClN4.